The lowest BCUT2D eigenvalue weighted by atomic mass is 10.1. The highest BCUT2D eigenvalue weighted by Gasteiger charge is 2.45. The molecular weight excluding hydrogens is 282 g/mol. The lowest BCUT2D eigenvalue weighted by Gasteiger charge is -2.06. The second-order valence-corrected chi connectivity index (χ2v) is 5.06. The van der Waals surface area contributed by atoms with Crippen LogP contribution in [0.1, 0.15) is 24.8 Å². The molecule has 0 bridgehead atoms. The highest BCUT2D eigenvalue weighted by Crippen LogP contribution is 2.49. The first-order valence-corrected chi connectivity index (χ1v) is 7.25. The van der Waals surface area contributed by atoms with Crippen LogP contribution in [0.3, 0.4) is 0 Å². The third kappa shape index (κ3) is 3.16. The molecule has 0 amide bonds. The Balaban J connectivity index is 2.23. The highest BCUT2D eigenvalue weighted by molar-refractivity contribution is 7.61. The number of hydrogen-bond donors (Lipinski definition) is 0. The van der Waals surface area contributed by atoms with E-state index in [-0.39, 0.29) is 23.5 Å². The van der Waals surface area contributed by atoms with Crippen molar-refractivity contribution in [1.82, 2.24) is 0 Å². The molecule has 20 heavy (non-hydrogen) atoms. The van der Waals surface area contributed by atoms with Gasteiger partial charge in [0.05, 0.1) is 19.6 Å². The minimum absolute atomic E-state index is 0.0639. The van der Waals surface area contributed by atoms with Crippen LogP contribution < -0.4 is 4.74 Å². The minimum Gasteiger partial charge on any atom is -0.494 e. The number of hydrogen-bond acceptors (Lipinski definition) is 6. The van der Waals surface area contributed by atoms with E-state index in [0.29, 0.717) is 18.8 Å². The van der Waals surface area contributed by atoms with Gasteiger partial charge in [0.2, 0.25) is 0 Å². The number of carbonyl (C=O) groups excluding carboxylic acids is 1. The highest BCUT2D eigenvalue weighted by atomic mass is 32.2. The molecule has 108 valence electrons. The fourth-order valence-electron chi connectivity index (χ4n) is 2.16. The van der Waals surface area contributed by atoms with E-state index in [0.717, 1.165) is 5.56 Å². The van der Waals surface area contributed by atoms with Gasteiger partial charge in [-0.15, -0.1) is 4.36 Å². The number of carbonyl (C=O) groups is 1. The van der Waals surface area contributed by atoms with Crippen molar-refractivity contribution < 1.29 is 22.7 Å². The molecule has 0 spiro atoms. The predicted octanol–water partition coefficient (Wildman–Crippen LogP) is 2.06. The summed E-state index contributed by atoms with van der Waals surface area (Å²) in [5, 5.41) is 0. The number of benzene rings is 1. The molecule has 1 saturated carbocycles. The molecule has 1 aliphatic carbocycles. The average Bonchev–Trinajstić information content (AvgIpc) is 3.18. The summed E-state index contributed by atoms with van der Waals surface area (Å²) in [7, 11) is -1.10. The fraction of sp³-hybridized carbons (Fsp3) is 0.462. The average molecular weight is 297 g/mol. The van der Waals surface area contributed by atoms with Crippen molar-refractivity contribution in [1.29, 1.82) is 0 Å². The monoisotopic (exact) mass is 297 g/mol. The first-order chi connectivity index (χ1) is 9.56. The van der Waals surface area contributed by atoms with Crippen molar-refractivity contribution in [2.75, 3.05) is 13.7 Å². The van der Waals surface area contributed by atoms with Gasteiger partial charge in [0, 0.05) is 0 Å². The van der Waals surface area contributed by atoms with E-state index in [1.165, 1.54) is 7.11 Å². The van der Waals surface area contributed by atoms with Crippen LogP contribution in [0.4, 0.5) is 5.69 Å². The standard InChI is InChI=1S/C13H15NO5S/c1-3-19-13(15)10-7-9(10)8-4-5-12(18-2)11(6-8)14-20(16)17/h4-6,9-10H,3,7H2,1-2H3. The number of esters is 1. The number of ether oxygens (including phenoxy) is 2. The maximum Gasteiger partial charge on any atom is 0.316 e. The van der Waals surface area contributed by atoms with E-state index in [2.05, 4.69) is 4.36 Å². The van der Waals surface area contributed by atoms with Gasteiger partial charge in [-0.05, 0) is 37.0 Å². The Bertz CT molecular complexity index is 645. The van der Waals surface area contributed by atoms with Gasteiger partial charge < -0.3 is 9.47 Å². The third-order valence-corrected chi connectivity index (χ3v) is 3.53. The molecule has 1 aromatic carbocycles. The Hall–Kier alpha value is -1.89. The normalized spacial score (nSPS) is 20.1. The maximum absolute atomic E-state index is 11.6. The summed E-state index contributed by atoms with van der Waals surface area (Å²) >= 11 is 0. The molecule has 1 fully saturated rings. The molecule has 0 saturated heterocycles. The SMILES string of the molecule is CCOC(=O)C1CC1c1ccc(OC)c(N=S(=O)=O)c1. The summed E-state index contributed by atoms with van der Waals surface area (Å²) in [4.78, 5) is 11.6. The largest absolute Gasteiger partial charge is 0.494 e. The summed E-state index contributed by atoms with van der Waals surface area (Å²) in [6.07, 6.45) is 0.713. The van der Waals surface area contributed by atoms with Crippen LogP contribution in [-0.2, 0) is 20.0 Å². The van der Waals surface area contributed by atoms with Gasteiger partial charge in [-0.2, -0.15) is 8.42 Å². The Morgan fingerprint density at radius 3 is 2.80 bits per heavy atom. The van der Waals surface area contributed by atoms with Gasteiger partial charge >= 0.3 is 16.5 Å². The first kappa shape index (κ1) is 14.5. The Morgan fingerprint density at radius 2 is 2.20 bits per heavy atom. The van der Waals surface area contributed by atoms with Crippen LogP contribution in [-0.4, -0.2) is 28.1 Å². The summed E-state index contributed by atoms with van der Waals surface area (Å²) in [6.45, 7) is 2.13. The number of rotatable bonds is 5. The molecule has 1 aromatic rings. The molecular formula is C13H15NO5S. The summed E-state index contributed by atoms with van der Waals surface area (Å²) < 4.78 is 34.9. The molecule has 2 unspecified atom stereocenters. The van der Waals surface area contributed by atoms with Crippen molar-refractivity contribution in [2.24, 2.45) is 10.3 Å². The summed E-state index contributed by atoms with van der Waals surface area (Å²) in [5.41, 5.74) is 1.11. The van der Waals surface area contributed by atoms with Crippen molar-refractivity contribution in [3.05, 3.63) is 23.8 Å². The minimum atomic E-state index is -2.55. The molecule has 0 heterocycles. The van der Waals surface area contributed by atoms with Crippen molar-refractivity contribution in [3.63, 3.8) is 0 Å². The molecule has 0 N–H and O–H groups in total. The van der Waals surface area contributed by atoms with Crippen LogP contribution in [0.2, 0.25) is 0 Å². The lowest BCUT2D eigenvalue weighted by molar-refractivity contribution is -0.144. The quantitative estimate of drug-likeness (QED) is 0.777. The van der Waals surface area contributed by atoms with Crippen LogP contribution in [0.25, 0.3) is 0 Å². The number of nitrogens with zero attached hydrogens (tertiary/aromatic N) is 1. The van der Waals surface area contributed by atoms with Crippen molar-refractivity contribution in [3.8, 4) is 5.75 Å². The van der Waals surface area contributed by atoms with Gasteiger partial charge in [0.1, 0.15) is 11.4 Å². The summed E-state index contributed by atoms with van der Waals surface area (Å²) in [6, 6.07) is 5.11. The van der Waals surface area contributed by atoms with Gasteiger partial charge in [-0.3, -0.25) is 4.79 Å². The molecule has 6 nitrogen and oxygen atoms in total. The Kier molecular flexibility index (Phi) is 4.39. The van der Waals surface area contributed by atoms with Crippen molar-refractivity contribution in [2.45, 2.75) is 19.3 Å². The molecule has 0 aromatic heterocycles. The molecule has 2 atom stereocenters. The molecule has 0 radical (unpaired) electrons. The zero-order chi connectivity index (χ0) is 14.7. The van der Waals surface area contributed by atoms with Crippen LogP contribution in [0.5, 0.6) is 5.75 Å². The van der Waals surface area contributed by atoms with Crippen LogP contribution >= 0.6 is 0 Å². The fourth-order valence-corrected chi connectivity index (χ4v) is 2.47. The number of methoxy groups -OCH3 is 1. The Labute approximate surface area is 118 Å². The van der Waals surface area contributed by atoms with E-state index < -0.39 is 10.5 Å². The molecule has 1 aliphatic rings. The van der Waals surface area contributed by atoms with Gasteiger partial charge in [0.15, 0.2) is 0 Å². The second-order valence-electron chi connectivity index (χ2n) is 4.44. The van der Waals surface area contributed by atoms with Crippen LogP contribution in [0.15, 0.2) is 22.6 Å². The van der Waals surface area contributed by atoms with Crippen LogP contribution in [0, 0.1) is 5.92 Å². The third-order valence-electron chi connectivity index (χ3n) is 3.18. The maximum atomic E-state index is 11.6. The van der Waals surface area contributed by atoms with Crippen molar-refractivity contribution >= 4 is 22.2 Å². The lowest BCUT2D eigenvalue weighted by Crippen LogP contribution is -2.07. The second kappa shape index (κ2) is 6.04. The zero-order valence-electron chi connectivity index (χ0n) is 11.2. The molecule has 2 rings (SSSR count). The predicted molar refractivity (Wildman–Crippen MR) is 71.5 cm³/mol. The van der Waals surface area contributed by atoms with E-state index in [1.54, 1.807) is 19.1 Å². The first-order valence-electron chi connectivity index (χ1n) is 6.22. The van der Waals surface area contributed by atoms with E-state index in [9.17, 15) is 13.2 Å². The Morgan fingerprint density at radius 1 is 1.45 bits per heavy atom. The van der Waals surface area contributed by atoms with E-state index >= 15 is 0 Å². The smallest absolute Gasteiger partial charge is 0.316 e. The van der Waals surface area contributed by atoms with Gasteiger partial charge in [-0.1, -0.05) is 6.07 Å². The van der Waals surface area contributed by atoms with E-state index in [1.807, 2.05) is 6.07 Å². The molecule has 0 aliphatic heterocycles. The molecule has 7 heteroatoms. The zero-order valence-corrected chi connectivity index (χ0v) is 12.0. The van der Waals surface area contributed by atoms with Gasteiger partial charge in [0.25, 0.3) is 0 Å². The topological polar surface area (TPSA) is 82.0 Å². The van der Waals surface area contributed by atoms with E-state index in [4.69, 9.17) is 9.47 Å². The van der Waals surface area contributed by atoms with Gasteiger partial charge in [-0.25, -0.2) is 0 Å². The summed E-state index contributed by atoms with van der Waals surface area (Å²) in [5.74, 6) is 0.0911.